The summed E-state index contributed by atoms with van der Waals surface area (Å²) < 4.78 is 7.99. The lowest BCUT2D eigenvalue weighted by Gasteiger charge is -2.33. The fourth-order valence-corrected chi connectivity index (χ4v) is 5.27. The van der Waals surface area contributed by atoms with Gasteiger partial charge in [-0.3, -0.25) is 14.2 Å². The Morgan fingerprint density at radius 3 is 2.82 bits per heavy atom. The van der Waals surface area contributed by atoms with Crippen LogP contribution >= 0.6 is 23.1 Å². The van der Waals surface area contributed by atoms with Crippen LogP contribution in [0.15, 0.2) is 40.3 Å². The van der Waals surface area contributed by atoms with Gasteiger partial charge in [-0.05, 0) is 25.5 Å². The number of ether oxygens (including phenoxy) is 1. The average molecular weight is 416 g/mol. The van der Waals surface area contributed by atoms with Gasteiger partial charge in [0.2, 0.25) is 11.3 Å². The summed E-state index contributed by atoms with van der Waals surface area (Å²) in [6, 6.07) is 9.71. The van der Waals surface area contributed by atoms with E-state index in [1.165, 1.54) is 23.1 Å². The second-order valence-corrected chi connectivity index (χ2v) is 9.10. The van der Waals surface area contributed by atoms with Crippen LogP contribution in [-0.2, 0) is 22.6 Å². The number of para-hydroxylation sites is 1. The lowest BCUT2D eigenvalue weighted by Crippen LogP contribution is -2.37. The number of rotatable bonds is 5. The van der Waals surface area contributed by atoms with Crippen molar-refractivity contribution in [3.8, 4) is 5.69 Å². The number of fused-ring (bicyclic) bond motifs is 2. The van der Waals surface area contributed by atoms with Crippen LogP contribution in [0.2, 0.25) is 0 Å². The lowest BCUT2D eigenvalue weighted by molar-refractivity contribution is -0.115. The zero-order chi connectivity index (χ0) is 19.9. The van der Waals surface area contributed by atoms with Crippen LogP contribution in [0, 0.1) is 0 Å². The molecule has 1 aliphatic heterocycles. The highest BCUT2D eigenvalue weighted by molar-refractivity contribution is 7.99. The number of imidazole rings is 1. The van der Waals surface area contributed by atoms with Gasteiger partial charge in [-0.15, -0.1) is 11.3 Å². The number of hydrogen-bond donors (Lipinski definition) is 1. The third-order valence-electron chi connectivity index (χ3n) is 5.06. The van der Waals surface area contributed by atoms with Gasteiger partial charge in [0.15, 0.2) is 5.16 Å². The number of carbonyl (C=O) groups excluding carboxylic acids is 1. The zero-order valence-corrected chi connectivity index (χ0v) is 17.4. The largest absolute Gasteiger partial charge is 0.369 e. The number of benzene rings is 1. The molecule has 1 aliphatic rings. The van der Waals surface area contributed by atoms with E-state index in [-0.39, 0.29) is 16.8 Å². The Bertz CT molecular complexity index is 1110. The van der Waals surface area contributed by atoms with E-state index < -0.39 is 5.91 Å². The van der Waals surface area contributed by atoms with E-state index in [1.807, 2.05) is 41.8 Å². The first-order chi connectivity index (χ1) is 13.4. The van der Waals surface area contributed by atoms with Crippen LogP contribution in [0.4, 0.5) is 0 Å². The molecular weight excluding hydrogens is 394 g/mol. The Morgan fingerprint density at radius 2 is 2.14 bits per heavy atom. The first-order valence-corrected chi connectivity index (χ1v) is 10.9. The third kappa shape index (κ3) is 3.36. The molecule has 2 N–H and O–H groups in total. The van der Waals surface area contributed by atoms with Gasteiger partial charge in [0, 0.05) is 22.5 Å². The molecule has 1 atom stereocenters. The summed E-state index contributed by atoms with van der Waals surface area (Å²) >= 11 is 2.78. The molecule has 1 aromatic carbocycles. The maximum atomic E-state index is 13.3. The molecule has 3 aromatic rings. The minimum Gasteiger partial charge on any atom is -0.369 e. The molecule has 0 saturated heterocycles. The maximum absolute atomic E-state index is 13.3. The van der Waals surface area contributed by atoms with Crippen LogP contribution in [0.3, 0.4) is 0 Å². The van der Waals surface area contributed by atoms with Gasteiger partial charge in [-0.1, -0.05) is 36.9 Å². The first kappa shape index (κ1) is 19.2. The highest BCUT2D eigenvalue weighted by Gasteiger charge is 2.33. The van der Waals surface area contributed by atoms with Crippen LogP contribution in [0.5, 0.6) is 0 Å². The number of hydrogen-bond acceptors (Lipinski definition) is 6. The fraction of sp³-hybridized carbons (Fsp3) is 0.350. The van der Waals surface area contributed by atoms with E-state index in [0.717, 1.165) is 27.4 Å². The number of thioether (sulfide) groups is 1. The standard InChI is InChI=1S/C20H21N3O3S2/c1-3-20(2)9-13-14(10-26-20)28-18-16(17(13)25)22-19(27-11-15(21)24)23(18)12-7-5-4-6-8-12/h4-8H,3,9-11H2,1-2H3,(H2,21,24). The highest BCUT2D eigenvalue weighted by Crippen LogP contribution is 2.36. The molecule has 8 heteroatoms. The zero-order valence-electron chi connectivity index (χ0n) is 15.7. The van der Waals surface area contributed by atoms with Gasteiger partial charge in [0.25, 0.3) is 0 Å². The molecule has 0 spiro atoms. The SMILES string of the molecule is CCC1(C)Cc2c(sc3c(nc(SCC(N)=O)n3-c3ccccc3)c2=O)CO1. The Hall–Kier alpha value is -2.16. The number of aromatic nitrogens is 2. The van der Waals surface area contributed by atoms with Crippen molar-refractivity contribution in [3.05, 3.63) is 51.0 Å². The molecule has 28 heavy (non-hydrogen) atoms. The molecule has 0 aliphatic carbocycles. The number of nitrogens with two attached hydrogens (primary N) is 1. The van der Waals surface area contributed by atoms with E-state index in [1.54, 1.807) is 0 Å². The number of carbonyl (C=O) groups is 1. The maximum Gasteiger partial charge on any atom is 0.227 e. The number of amides is 1. The molecule has 0 bridgehead atoms. The molecule has 2 aromatic heterocycles. The predicted molar refractivity (Wildman–Crippen MR) is 112 cm³/mol. The van der Waals surface area contributed by atoms with Gasteiger partial charge in [0.05, 0.1) is 18.0 Å². The van der Waals surface area contributed by atoms with E-state index in [4.69, 9.17) is 10.5 Å². The highest BCUT2D eigenvalue weighted by atomic mass is 32.2. The summed E-state index contributed by atoms with van der Waals surface area (Å²) in [4.78, 5) is 30.9. The fourth-order valence-electron chi connectivity index (χ4n) is 3.30. The van der Waals surface area contributed by atoms with Crippen molar-refractivity contribution in [1.29, 1.82) is 0 Å². The van der Waals surface area contributed by atoms with E-state index >= 15 is 0 Å². The Labute approximate surface area is 170 Å². The molecule has 146 valence electrons. The molecular formula is C20H21N3O3S2. The topological polar surface area (TPSA) is 87.2 Å². The summed E-state index contributed by atoms with van der Waals surface area (Å²) in [5, 5.41) is 0.592. The van der Waals surface area contributed by atoms with Crippen LogP contribution in [-0.4, -0.2) is 26.8 Å². The first-order valence-electron chi connectivity index (χ1n) is 9.09. The van der Waals surface area contributed by atoms with Gasteiger partial charge < -0.3 is 10.5 Å². The Balaban J connectivity index is 1.94. The molecule has 3 heterocycles. The molecule has 1 unspecified atom stereocenters. The van der Waals surface area contributed by atoms with E-state index in [9.17, 15) is 9.59 Å². The smallest absolute Gasteiger partial charge is 0.227 e. The quantitative estimate of drug-likeness (QED) is 0.646. The van der Waals surface area contributed by atoms with Crippen molar-refractivity contribution in [2.45, 2.75) is 44.1 Å². The van der Waals surface area contributed by atoms with Crippen molar-refractivity contribution in [2.75, 3.05) is 5.75 Å². The van der Waals surface area contributed by atoms with Gasteiger partial charge >= 0.3 is 0 Å². The van der Waals surface area contributed by atoms with Gasteiger partial charge in [0.1, 0.15) is 10.3 Å². The Kier molecular flexibility index (Phi) is 5.03. The van der Waals surface area contributed by atoms with Crippen LogP contribution in [0.1, 0.15) is 30.7 Å². The van der Waals surface area contributed by atoms with Crippen molar-refractivity contribution >= 4 is 39.4 Å². The van der Waals surface area contributed by atoms with Crippen LogP contribution in [0.25, 0.3) is 16.0 Å². The minimum atomic E-state index is -0.422. The van der Waals surface area contributed by atoms with Crippen molar-refractivity contribution in [2.24, 2.45) is 5.73 Å². The van der Waals surface area contributed by atoms with Crippen LogP contribution < -0.4 is 11.2 Å². The predicted octanol–water partition coefficient (Wildman–Crippen LogP) is 3.27. The van der Waals surface area contributed by atoms with Crippen molar-refractivity contribution in [1.82, 2.24) is 9.55 Å². The molecule has 4 rings (SSSR count). The average Bonchev–Trinajstić information content (AvgIpc) is 3.06. The minimum absolute atomic E-state index is 0.0395. The second-order valence-electron chi connectivity index (χ2n) is 7.08. The van der Waals surface area contributed by atoms with Gasteiger partial charge in [-0.25, -0.2) is 4.98 Å². The summed E-state index contributed by atoms with van der Waals surface area (Å²) in [5.41, 5.74) is 7.10. The van der Waals surface area contributed by atoms with E-state index in [2.05, 4.69) is 11.9 Å². The summed E-state index contributed by atoms with van der Waals surface area (Å²) in [7, 11) is 0. The van der Waals surface area contributed by atoms with E-state index in [0.29, 0.717) is 23.7 Å². The third-order valence-corrected chi connectivity index (χ3v) is 7.20. The van der Waals surface area contributed by atoms with Gasteiger partial charge in [-0.2, -0.15) is 0 Å². The lowest BCUT2D eigenvalue weighted by atomic mass is 9.91. The summed E-state index contributed by atoms with van der Waals surface area (Å²) in [5.74, 6) is -0.319. The molecule has 1 amide bonds. The molecule has 6 nitrogen and oxygen atoms in total. The second kappa shape index (κ2) is 7.35. The van der Waals surface area contributed by atoms with Crippen molar-refractivity contribution < 1.29 is 9.53 Å². The van der Waals surface area contributed by atoms with Crippen molar-refractivity contribution in [3.63, 3.8) is 0 Å². The molecule has 0 radical (unpaired) electrons. The number of primary amides is 1. The Morgan fingerprint density at radius 1 is 1.39 bits per heavy atom. The normalized spacial score (nSPS) is 18.9. The summed E-state index contributed by atoms with van der Waals surface area (Å²) in [6.07, 6.45) is 1.43. The molecule has 0 fully saturated rings. The number of nitrogens with zero attached hydrogens (tertiary/aromatic N) is 2. The monoisotopic (exact) mass is 415 g/mol. The molecule has 0 saturated carbocycles. The summed E-state index contributed by atoms with van der Waals surface area (Å²) in [6.45, 7) is 4.54.